The van der Waals surface area contributed by atoms with E-state index in [0.717, 1.165) is 3.97 Å². The SMILES string of the molecule is CN1CCN(C(=O)c2cn(S(=O)(=O)c3ccccc3Br)c3ccc([N+](=O)[O-])cc23)CC1. The van der Waals surface area contributed by atoms with E-state index in [4.69, 9.17) is 0 Å². The molecule has 3 aromatic rings. The van der Waals surface area contributed by atoms with Gasteiger partial charge in [0.05, 0.1) is 16.0 Å². The molecular formula is C20H19BrN4O5S. The maximum absolute atomic E-state index is 13.4. The predicted octanol–water partition coefficient (Wildman–Crippen LogP) is 2.94. The highest BCUT2D eigenvalue weighted by atomic mass is 79.9. The number of carbonyl (C=O) groups is 1. The number of hydrogen-bond acceptors (Lipinski definition) is 6. The van der Waals surface area contributed by atoms with Crippen molar-refractivity contribution in [2.45, 2.75) is 4.90 Å². The second-order valence-corrected chi connectivity index (χ2v) is 9.97. The molecular weight excluding hydrogens is 488 g/mol. The number of nitrogens with zero attached hydrogens (tertiary/aromatic N) is 4. The summed E-state index contributed by atoms with van der Waals surface area (Å²) in [4.78, 5) is 27.8. The summed E-state index contributed by atoms with van der Waals surface area (Å²) >= 11 is 3.27. The molecule has 0 atom stereocenters. The Morgan fingerprint density at radius 2 is 1.77 bits per heavy atom. The van der Waals surface area contributed by atoms with Crippen LogP contribution in [0.5, 0.6) is 0 Å². The summed E-state index contributed by atoms with van der Waals surface area (Å²) in [5, 5.41) is 11.5. The number of piperazine rings is 1. The van der Waals surface area contributed by atoms with Gasteiger partial charge in [0.2, 0.25) is 0 Å². The van der Waals surface area contributed by atoms with Crippen molar-refractivity contribution in [2.75, 3.05) is 33.2 Å². The summed E-state index contributed by atoms with van der Waals surface area (Å²) in [7, 11) is -2.10. The molecule has 1 fully saturated rings. The molecule has 0 N–H and O–H groups in total. The van der Waals surface area contributed by atoms with Gasteiger partial charge >= 0.3 is 0 Å². The van der Waals surface area contributed by atoms with Gasteiger partial charge in [-0.3, -0.25) is 14.9 Å². The summed E-state index contributed by atoms with van der Waals surface area (Å²) < 4.78 is 28.2. The molecule has 4 rings (SSSR count). The number of carbonyl (C=O) groups excluding carboxylic acids is 1. The fraction of sp³-hybridized carbons (Fsp3) is 0.250. The Morgan fingerprint density at radius 1 is 1.10 bits per heavy atom. The van der Waals surface area contributed by atoms with Crippen molar-refractivity contribution in [3.63, 3.8) is 0 Å². The fourth-order valence-corrected chi connectivity index (χ4v) is 5.95. The highest BCUT2D eigenvalue weighted by Gasteiger charge is 2.29. The Morgan fingerprint density at radius 3 is 2.42 bits per heavy atom. The van der Waals surface area contributed by atoms with Gasteiger partial charge in [-0.25, -0.2) is 12.4 Å². The fourth-order valence-electron chi connectivity index (χ4n) is 3.61. The quantitative estimate of drug-likeness (QED) is 0.397. The first-order valence-electron chi connectivity index (χ1n) is 9.47. The van der Waals surface area contributed by atoms with E-state index in [2.05, 4.69) is 20.8 Å². The van der Waals surface area contributed by atoms with E-state index in [9.17, 15) is 23.3 Å². The molecule has 0 unspecified atom stereocenters. The van der Waals surface area contributed by atoms with Crippen molar-refractivity contribution in [1.82, 2.24) is 13.8 Å². The van der Waals surface area contributed by atoms with Crippen LogP contribution < -0.4 is 0 Å². The van der Waals surface area contributed by atoms with Crippen LogP contribution in [0.1, 0.15) is 10.4 Å². The number of likely N-dealkylation sites (N-methyl/N-ethyl adjacent to an activating group) is 1. The third-order valence-corrected chi connectivity index (χ3v) is 8.05. The van der Waals surface area contributed by atoms with E-state index in [1.54, 1.807) is 23.1 Å². The molecule has 1 aliphatic rings. The van der Waals surface area contributed by atoms with Gasteiger partial charge in [0.1, 0.15) is 4.90 Å². The minimum Gasteiger partial charge on any atom is -0.336 e. The lowest BCUT2D eigenvalue weighted by Gasteiger charge is -2.32. The monoisotopic (exact) mass is 506 g/mol. The second kappa shape index (κ2) is 8.06. The maximum Gasteiger partial charge on any atom is 0.270 e. The normalized spacial score (nSPS) is 15.4. The van der Waals surface area contributed by atoms with Crippen LogP contribution in [0.4, 0.5) is 5.69 Å². The van der Waals surface area contributed by atoms with Crippen LogP contribution in [-0.4, -0.2) is 66.2 Å². The van der Waals surface area contributed by atoms with Crippen LogP contribution in [0, 0.1) is 10.1 Å². The molecule has 0 bridgehead atoms. The molecule has 31 heavy (non-hydrogen) atoms. The number of fused-ring (bicyclic) bond motifs is 1. The highest BCUT2D eigenvalue weighted by molar-refractivity contribution is 9.10. The lowest BCUT2D eigenvalue weighted by molar-refractivity contribution is -0.384. The number of non-ortho nitro benzene ring substituents is 1. The van der Waals surface area contributed by atoms with Crippen LogP contribution in [0.3, 0.4) is 0 Å². The first-order chi connectivity index (χ1) is 14.7. The average molecular weight is 507 g/mol. The van der Waals surface area contributed by atoms with Gasteiger partial charge in [-0.2, -0.15) is 0 Å². The van der Waals surface area contributed by atoms with E-state index >= 15 is 0 Å². The lowest BCUT2D eigenvalue weighted by Crippen LogP contribution is -2.47. The van der Waals surface area contributed by atoms with Crippen LogP contribution in [0.2, 0.25) is 0 Å². The topological polar surface area (TPSA) is 106 Å². The molecule has 11 heteroatoms. The zero-order valence-electron chi connectivity index (χ0n) is 16.6. The third-order valence-electron chi connectivity index (χ3n) is 5.36. The summed E-state index contributed by atoms with van der Waals surface area (Å²) in [6.45, 7) is 2.38. The molecule has 162 valence electrons. The Hall–Kier alpha value is -2.76. The molecule has 1 aromatic heterocycles. The molecule has 1 amide bonds. The zero-order chi connectivity index (χ0) is 22.3. The number of nitro groups is 1. The standard InChI is InChI=1S/C20H19BrN4O5S/c1-22-8-10-23(11-9-22)20(26)16-13-24(18-7-6-14(25(27)28)12-15(16)18)31(29,30)19-5-3-2-4-17(19)21/h2-7,12-13H,8-11H2,1H3. The zero-order valence-corrected chi connectivity index (χ0v) is 19.0. The molecule has 1 saturated heterocycles. The molecule has 0 radical (unpaired) electrons. The predicted molar refractivity (Wildman–Crippen MR) is 119 cm³/mol. The van der Waals surface area contributed by atoms with E-state index in [0.29, 0.717) is 30.7 Å². The highest BCUT2D eigenvalue weighted by Crippen LogP contribution is 2.32. The van der Waals surface area contributed by atoms with Gasteiger partial charge in [0.15, 0.2) is 0 Å². The summed E-state index contributed by atoms with van der Waals surface area (Å²) in [6.07, 6.45) is 1.27. The molecule has 9 nitrogen and oxygen atoms in total. The number of aromatic nitrogens is 1. The summed E-state index contributed by atoms with van der Waals surface area (Å²) in [5.41, 5.74) is 0.119. The van der Waals surface area contributed by atoms with Crippen molar-refractivity contribution in [3.8, 4) is 0 Å². The Balaban J connectivity index is 1.90. The lowest BCUT2D eigenvalue weighted by atomic mass is 10.1. The van der Waals surface area contributed by atoms with Gasteiger partial charge in [0, 0.05) is 54.4 Å². The van der Waals surface area contributed by atoms with Crippen LogP contribution in [0.15, 0.2) is 58.0 Å². The first kappa shape index (κ1) is 21.5. The number of rotatable bonds is 4. The molecule has 0 spiro atoms. The van der Waals surface area contributed by atoms with Gasteiger partial charge < -0.3 is 9.80 Å². The van der Waals surface area contributed by atoms with E-state index in [1.807, 2.05) is 7.05 Å². The van der Waals surface area contributed by atoms with Gasteiger partial charge in [-0.05, 0) is 41.2 Å². The Bertz CT molecular complexity index is 1300. The van der Waals surface area contributed by atoms with E-state index in [1.165, 1.54) is 30.5 Å². The minimum atomic E-state index is -4.06. The number of benzene rings is 2. The molecule has 2 heterocycles. The van der Waals surface area contributed by atoms with Gasteiger partial charge in [0.25, 0.3) is 21.6 Å². The number of halogens is 1. The minimum absolute atomic E-state index is 0.0313. The van der Waals surface area contributed by atoms with Crippen LogP contribution >= 0.6 is 15.9 Å². The van der Waals surface area contributed by atoms with Crippen molar-refractivity contribution < 1.29 is 18.1 Å². The van der Waals surface area contributed by atoms with Crippen molar-refractivity contribution in [2.24, 2.45) is 0 Å². The first-order valence-corrected chi connectivity index (χ1v) is 11.7. The number of nitro benzene ring substituents is 1. The number of amides is 1. The Kier molecular flexibility index (Phi) is 5.58. The number of hydrogen-bond donors (Lipinski definition) is 0. The summed E-state index contributed by atoms with van der Waals surface area (Å²) in [5.74, 6) is -0.348. The van der Waals surface area contributed by atoms with Crippen molar-refractivity contribution in [3.05, 3.63) is 68.8 Å². The van der Waals surface area contributed by atoms with E-state index < -0.39 is 14.9 Å². The third kappa shape index (κ3) is 3.84. The van der Waals surface area contributed by atoms with Crippen LogP contribution in [0.25, 0.3) is 10.9 Å². The maximum atomic E-state index is 13.4. The van der Waals surface area contributed by atoms with Gasteiger partial charge in [-0.15, -0.1) is 0 Å². The molecule has 0 saturated carbocycles. The molecule has 1 aliphatic heterocycles. The van der Waals surface area contributed by atoms with Crippen LogP contribution in [-0.2, 0) is 10.0 Å². The smallest absolute Gasteiger partial charge is 0.270 e. The second-order valence-electron chi connectivity index (χ2n) is 7.33. The Labute approximate surface area is 187 Å². The molecule has 2 aromatic carbocycles. The molecule has 0 aliphatic carbocycles. The van der Waals surface area contributed by atoms with Crippen molar-refractivity contribution in [1.29, 1.82) is 0 Å². The van der Waals surface area contributed by atoms with E-state index in [-0.39, 0.29) is 33.0 Å². The van der Waals surface area contributed by atoms with Crippen molar-refractivity contribution >= 4 is 48.5 Å². The largest absolute Gasteiger partial charge is 0.336 e. The summed E-state index contributed by atoms with van der Waals surface area (Å²) in [6, 6.07) is 10.2. The average Bonchev–Trinajstić information content (AvgIpc) is 3.13. The van der Waals surface area contributed by atoms with Gasteiger partial charge in [-0.1, -0.05) is 12.1 Å².